The highest BCUT2D eigenvalue weighted by Crippen LogP contribution is 2.47. The van der Waals surface area contributed by atoms with E-state index in [0.29, 0.717) is 17.2 Å². The molecule has 0 aliphatic rings. The van der Waals surface area contributed by atoms with Crippen molar-refractivity contribution in [3.63, 3.8) is 0 Å². The van der Waals surface area contributed by atoms with Crippen molar-refractivity contribution >= 4 is 15.9 Å². The lowest BCUT2D eigenvalue weighted by Crippen LogP contribution is -1.97. The van der Waals surface area contributed by atoms with Gasteiger partial charge in [0, 0.05) is 18.5 Å². The maximum absolute atomic E-state index is 5.49. The van der Waals surface area contributed by atoms with Crippen molar-refractivity contribution < 1.29 is 14.2 Å². The Labute approximate surface area is 120 Å². The van der Waals surface area contributed by atoms with Crippen LogP contribution in [0.3, 0.4) is 0 Å². The van der Waals surface area contributed by atoms with Crippen LogP contribution in [0, 0.1) is 0 Å². The zero-order valence-corrected chi connectivity index (χ0v) is 12.5. The van der Waals surface area contributed by atoms with Gasteiger partial charge in [0.05, 0.1) is 26.9 Å². The summed E-state index contributed by atoms with van der Waals surface area (Å²) < 4.78 is 17.0. The molecule has 0 saturated carbocycles. The molecule has 1 heterocycles. The molecule has 0 atom stereocenters. The third-order valence-electron chi connectivity index (χ3n) is 2.76. The minimum atomic E-state index is 0.659. The maximum atomic E-state index is 5.49. The Morgan fingerprint density at radius 1 is 0.947 bits per heavy atom. The second-order valence-electron chi connectivity index (χ2n) is 3.74. The highest BCUT2D eigenvalue weighted by Gasteiger charge is 2.20. The standard InChI is InChI=1S/C14H14BrNO3/c1-17-10-8-11(18-2)13(15)14(19-3)12(10)9-4-6-16-7-5-9/h4-8H,1-3H3. The number of hydrogen-bond donors (Lipinski definition) is 0. The first-order valence-electron chi connectivity index (χ1n) is 5.61. The Morgan fingerprint density at radius 2 is 1.58 bits per heavy atom. The van der Waals surface area contributed by atoms with Gasteiger partial charge in [0.25, 0.3) is 0 Å². The Hall–Kier alpha value is -1.75. The predicted octanol–water partition coefficient (Wildman–Crippen LogP) is 3.54. The largest absolute Gasteiger partial charge is 0.496 e. The SMILES string of the molecule is COc1cc(OC)c(-c2ccncc2)c(OC)c1Br. The van der Waals surface area contributed by atoms with Crippen molar-refractivity contribution in [1.82, 2.24) is 4.98 Å². The molecule has 0 radical (unpaired) electrons. The van der Waals surface area contributed by atoms with E-state index in [4.69, 9.17) is 14.2 Å². The van der Waals surface area contributed by atoms with E-state index in [1.807, 2.05) is 18.2 Å². The second kappa shape index (κ2) is 5.93. The molecule has 4 nitrogen and oxygen atoms in total. The van der Waals surface area contributed by atoms with Crippen LogP contribution in [0.5, 0.6) is 17.2 Å². The van der Waals surface area contributed by atoms with Crippen LogP contribution in [0.15, 0.2) is 35.1 Å². The first kappa shape index (κ1) is 13.7. The average molecular weight is 324 g/mol. The lowest BCUT2D eigenvalue weighted by Gasteiger charge is -2.17. The Morgan fingerprint density at radius 3 is 2.11 bits per heavy atom. The Balaban J connectivity index is 2.74. The van der Waals surface area contributed by atoms with Crippen LogP contribution < -0.4 is 14.2 Å². The topological polar surface area (TPSA) is 40.6 Å². The number of halogens is 1. The third-order valence-corrected chi connectivity index (χ3v) is 3.52. The Kier molecular flexibility index (Phi) is 4.27. The molecule has 0 N–H and O–H groups in total. The van der Waals surface area contributed by atoms with Crippen molar-refractivity contribution in [1.29, 1.82) is 0 Å². The summed E-state index contributed by atoms with van der Waals surface area (Å²) in [6, 6.07) is 5.63. The van der Waals surface area contributed by atoms with Gasteiger partial charge in [-0.25, -0.2) is 0 Å². The molecular formula is C14H14BrNO3. The van der Waals surface area contributed by atoms with E-state index in [9.17, 15) is 0 Å². The van der Waals surface area contributed by atoms with Gasteiger partial charge in [0.15, 0.2) is 0 Å². The normalized spacial score (nSPS) is 10.1. The summed E-state index contributed by atoms with van der Waals surface area (Å²) in [5.74, 6) is 2.01. The first-order valence-corrected chi connectivity index (χ1v) is 6.41. The summed E-state index contributed by atoms with van der Waals surface area (Å²) in [7, 11) is 4.83. The van der Waals surface area contributed by atoms with Gasteiger partial charge in [-0.15, -0.1) is 0 Å². The fraction of sp³-hybridized carbons (Fsp3) is 0.214. The molecule has 0 aliphatic heterocycles. The molecule has 0 unspecified atom stereocenters. The zero-order chi connectivity index (χ0) is 13.8. The summed E-state index contributed by atoms with van der Waals surface area (Å²) >= 11 is 3.49. The quantitative estimate of drug-likeness (QED) is 0.863. The molecule has 1 aromatic heterocycles. The molecule has 0 amide bonds. The van der Waals surface area contributed by atoms with E-state index in [0.717, 1.165) is 15.6 Å². The van der Waals surface area contributed by atoms with Gasteiger partial charge in [-0.1, -0.05) is 0 Å². The second-order valence-corrected chi connectivity index (χ2v) is 4.53. The van der Waals surface area contributed by atoms with E-state index in [1.54, 1.807) is 33.7 Å². The highest BCUT2D eigenvalue weighted by molar-refractivity contribution is 9.10. The molecule has 5 heteroatoms. The van der Waals surface area contributed by atoms with Crippen molar-refractivity contribution in [3.05, 3.63) is 35.1 Å². The van der Waals surface area contributed by atoms with Crippen LogP contribution in [0.25, 0.3) is 11.1 Å². The molecule has 2 rings (SSSR count). The number of benzene rings is 1. The van der Waals surface area contributed by atoms with Crippen LogP contribution in [-0.4, -0.2) is 26.3 Å². The molecule has 2 aromatic rings. The van der Waals surface area contributed by atoms with E-state index in [2.05, 4.69) is 20.9 Å². The molecule has 0 fully saturated rings. The van der Waals surface area contributed by atoms with Gasteiger partial charge >= 0.3 is 0 Å². The lowest BCUT2D eigenvalue weighted by molar-refractivity contribution is 0.374. The molecule has 1 aromatic carbocycles. The summed E-state index contributed by atoms with van der Waals surface area (Å²) in [5, 5.41) is 0. The smallest absolute Gasteiger partial charge is 0.148 e. The molecule has 0 aliphatic carbocycles. The maximum Gasteiger partial charge on any atom is 0.148 e. The van der Waals surface area contributed by atoms with E-state index < -0.39 is 0 Å². The van der Waals surface area contributed by atoms with Gasteiger partial charge in [0.2, 0.25) is 0 Å². The lowest BCUT2D eigenvalue weighted by atomic mass is 10.0. The van der Waals surface area contributed by atoms with Gasteiger partial charge in [0.1, 0.15) is 21.7 Å². The van der Waals surface area contributed by atoms with Crippen LogP contribution in [0.4, 0.5) is 0 Å². The molecule has 0 saturated heterocycles. The van der Waals surface area contributed by atoms with Gasteiger partial charge < -0.3 is 14.2 Å². The van der Waals surface area contributed by atoms with Crippen molar-refractivity contribution in [2.45, 2.75) is 0 Å². The number of aromatic nitrogens is 1. The number of methoxy groups -OCH3 is 3. The monoisotopic (exact) mass is 323 g/mol. The fourth-order valence-corrected chi connectivity index (χ4v) is 2.52. The average Bonchev–Trinajstić information content (AvgIpc) is 2.47. The first-order chi connectivity index (χ1) is 9.22. The summed E-state index contributed by atoms with van der Waals surface area (Å²) in [5.41, 5.74) is 1.83. The Bertz CT molecular complexity index is 573. The molecule has 0 bridgehead atoms. The van der Waals surface area contributed by atoms with Gasteiger partial charge in [-0.3, -0.25) is 4.98 Å². The van der Waals surface area contributed by atoms with E-state index in [1.165, 1.54) is 0 Å². The number of hydrogen-bond acceptors (Lipinski definition) is 4. The number of pyridine rings is 1. The summed E-state index contributed by atoms with van der Waals surface area (Å²) in [6.07, 6.45) is 3.46. The van der Waals surface area contributed by atoms with Crippen LogP contribution >= 0.6 is 15.9 Å². The summed E-state index contributed by atoms with van der Waals surface area (Å²) in [4.78, 5) is 4.02. The minimum Gasteiger partial charge on any atom is -0.496 e. The van der Waals surface area contributed by atoms with Crippen LogP contribution in [0.2, 0.25) is 0 Å². The predicted molar refractivity (Wildman–Crippen MR) is 77.0 cm³/mol. The van der Waals surface area contributed by atoms with Crippen molar-refractivity contribution in [2.24, 2.45) is 0 Å². The molecule has 0 spiro atoms. The number of rotatable bonds is 4. The number of ether oxygens (including phenoxy) is 3. The third kappa shape index (κ3) is 2.51. The van der Waals surface area contributed by atoms with E-state index in [-0.39, 0.29) is 0 Å². The zero-order valence-electron chi connectivity index (χ0n) is 10.9. The van der Waals surface area contributed by atoms with Gasteiger partial charge in [-0.2, -0.15) is 0 Å². The number of nitrogens with zero attached hydrogens (tertiary/aromatic N) is 1. The van der Waals surface area contributed by atoms with Crippen molar-refractivity contribution in [3.8, 4) is 28.4 Å². The molecule has 100 valence electrons. The van der Waals surface area contributed by atoms with E-state index >= 15 is 0 Å². The summed E-state index contributed by atoms with van der Waals surface area (Å²) in [6.45, 7) is 0. The van der Waals surface area contributed by atoms with Crippen molar-refractivity contribution in [2.75, 3.05) is 21.3 Å². The van der Waals surface area contributed by atoms with Crippen LogP contribution in [-0.2, 0) is 0 Å². The molecule has 19 heavy (non-hydrogen) atoms. The highest BCUT2D eigenvalue weighted by atomic mass is 79.9. The fourth-order valence-electron chi connectivity index (χ4n) is 1.88. The minimum absolute atomic E-state index is 0.659. The van der Waals surface area contributed by atoms with Crippen LogP contribution in [0.1, 0.15) is 0 Å². The molecular weight excluding hydrogens is 310 g/mol. The van der Waals surface area contributed by atoms with Gasteiger partial charge in [-0.05, 0) is 33.6 Å².